The normalized spacial score (nSPS) is 10.5. The van der Waals surface area contributed by atoms with Crippen LogP contribution in [0.1, 0.15) is 17.3 Å². The van der Waals surface area contributed by atoms with Gasteiger partial charge in [0.25, 0.3) is 5.91 Å². The number of amides is 1. The summed E-state index contributed by atoms with van der Waals surface area (Å²) in [6.45, 7) is 2.59. The van der Waals surface area contributed by atoms with E-state index < -0.39 is 0 Å². The van der Waals surface area contributed by atoms with Gasteiger partial charge in [-0.05, 0) is 54.4 Å². The van der Waals surface area contributed by atoms with Crippen molar-refractivity contribution in [2.45, 2.75) is 6.92 Å². The minimum Gasteiger partial charge on any atom is -0.494 e. The molecule has 0 aliphatic rings. The van der Waals surface area contributed by atoms with Gasteiger partial charge in [-0.25, -0.2) is 4.98 Å². The molecular weight excluding hydrogens is 380 g/mol. The topological polar surface area (TPSA) is 51.2 Å². The van der Waals surface area contributed by atoms with Gasteiger partial charge in [0.05, 0.1) is 12.3 Å². The molecule has 0 aliphatic carbocycles. The van der Waals surface area contributed by atoms with Gasteiger partial charge < -0.3 is 4.74 Å². The molecule has 1 N–H and O–H groups in total. The molecule has 29 heavy (non-hydrogen) atoms. The van der Waals surface area contributed by atoms with E-state index in [4.69, 9.17) is 4.74 Å². The van der Waals surface area contributed by atoms with E-state index in [1.165, 1.54) is 11.3 Å². The highest BCUT2D eigenvalue weighted by molar-refractivity contribution is 7.14. The van der Waals surface area contributed by atoms with Gasteiger partial charge in [0, 0.05) is 16.5 Å². The molecule has 0 saturated heterocycles. The largest absolute Gasteiger partial charge is 0.494 e. The van der Waals surface area contributed by atoms with Crippen molar-refractivity contribution in [3.8, 4) is 28.1 Å². The number of aromatic nitrogens is 1. The Morgan fingerprint density at radius 3 is 2.24 bits per heavy atom. The standard InChI is InChI=1S/C24H20N2O2S/c1-2-28-21-14-12-19(13-15-21)22-16-29-24(25-22)26-23(27)20-10-8-18(9-11-20)17-6-4-3-5-7-17/h3-16H,2H2,1H3,(H,25,26,27). The Labute approximate surface area is 173 Å². The Bertz CT molecular complexity index is 1090. The number of hydrogen-bond donors (Lipinski definition) is 1. The number of thiazole rings is 1. The second kappa shape index (κ2) is 8.71. The maximum atomic E-state index is 12.6. The summed E-state index contributed by atoms with van der Waals surface area (Å²) in [6.07, 6.45) is 0. The van der Waals surface area contributed by atoms with Crippen LogP contribution < -0.4 is 10.1 Å². The molecule has 0 bridgehead atoms. The van der Waals surface area contributed by atoms with Crippen LogP contribution in [0.4, 0.5) is 5.13 Å². The van der Waals surface area contributed by atoms with Crippen LogP contribution in [0.5, 0.6) is 5.75 Å². The van der Waals surface area contributed by atoms with Crippen LogP contribution in [0, 0.1) is 0 Å². The van der Waals surface area contributed by atoms with E-state index in [2.05, 4.69) is 10.3 Å². The van der Waals surface area contributed by atoms with Gasteiger partial charge >= 0.3 is 0 Å². The third-order valence-electron chi connectivity index (χ3n) is 4.44. The molecule has 0 saturated carbocycles. The summed E-state index contributed by atoms with van der Waals surface area (Å²) in [7, 11) is 0. The van der Waals surface area contributed by atoms with Crippen molar-refractivity contribution in [2.24, 2.45) is 0 Å². The number of carbonyl (C=O) groups is 1. The van der Waals surface area contributed by atoms with Crippen LogP contribution in [0.3, 0.4) is 0 Å². The quantitative estimate of drug-likeness (QED) is 0.424. The molecule has 0 spiro atoms. The molecule has 144 valence electrons. The van der Waals surface area contributed by atoms with E-state index in [1.807, 2.05) is 91.2 Å². The molecule has 3 aromatic carbocycles. The minimum atomic E-state index is -0.169. The lowest BCUT2D eigenvalue weighted by Crippen LogP contribution is -2.11. The van der Waals surface area contributed by atoms with Crippen molar-refractivity contribution >= 4 is 22.4 Å². The molecule has 0 fully saturated rings. The first kappa shape index (κ1) is 18.9. The second-order valence-corrected chi connectivity index (χ2v) is 7.25. The zero-order valence-corrected chi connectivity index (χ0v) is 16.8. The average Bonchev–Trinajstić information content (AvgIpc) is 3.24. The molecule has 0 aliphatic heterocycles. The SMILES string of the molecule is CCOc1ccc(-c2csc(NC(=O)c3ccc(-c4ccccc4)cc3)n2)cc1. The van der Waals surface area contributed by atoms with Crippen LogP contribution >= 0.6 is 11.3 Å². The van der Waals surface area contributed by atoms with E-state index in [0.717, 1.165) is 28.1 Å². The van der Waals surface area contributed by atoms with E-state index in [1.54, 1.807) is 0 Å². The van der Waals surface area contributed by atoms with Crippen molar-refractivity contribution in [2.75, 3.05) is 11.9 Å². The summed E-state index contributed by atoms with van der Waals surface area (Å²) < 4.78 is 5.47. The summed E-state index contributed by atoms with van der Waals surface area (Å²) >= 11 is 1.41. The fraction of sp³-hybridized carbons (Fsp3) is 0.0833. The predicted molar refractivity (Wildman–Crippen MR) is 119 cm³/mol. The zero-order valence-electron chi connectivity index (χ0n) is 16.0. The van der Waals surface area contributed by atoms with Crippen LogP contribution in [0.15, 0.2) is 84.2 Å². The Morgan fingerprint density at radius 1 is 0.897 bits per heavy atom. The first-order chi connectivity index (χ1) is 14.2. The van der Waals surface area contributed by atoms with Crippen LogP contribution in [0.2, 0.25) is 0 Å². The maximum absolute atomic E-state index is 12.6. The smallest absolute Gasteiger partial charge is 0.257 e. The molecule has 0 unspecified atom stereocenters. The number of benzene rings is 3. The first-order valence-electron chi connectivity index (χ1n) is 9.38. The molecule has 1 aromatic heterocycles. The Morgan fingerprint density at radius 2 is 1.55 bits per heavy atom. The molecule has 1 heterocycles. The van der Waals surface area contributed by atoms with Gasteiger partial charge in [0.1, 0.15) is 5.75 Å². The number of anilines is 1. The van der Waals surface area contributed by atoms with Crippen LogP contribution in [0.25, 0.3) is 22.4 Å². The Kier molecular flexibility index (Phi) is 5.68. The summed E-state index contributed by atoms with van der Waals surface area (Å²) in [5, 5.41) is 5.39. The van der Waals surface area contributed by atoms with Crippen molar-refractivity contribution in [1.82, 2.24) is 4.98 Å². The highest BCUT2D eigenvalue weighted by atomic mass is 32.1. The van der Waals surface area contributed by atoms with Gasteiger partial charge in [0.2, 0.25) is 0 Å². The van der Waals surface area contributed by atoms with E-state index >= 15 is 0 Å². The van der Waals surface area contributed by atoms with Gasteiger partial charge in [0.15, 0.2) is 5.13 Å². The lowest BCUT2D eigenvalue weighted by molar-refractivity contribution is 0.102. The molecule has 0 radical (unpaired) electrons. The van der Waals surface area contributed by atoms with Gasteiger partial charge in [-0.2, -0.15) is 0 Å². The lowest BCUT2D eigenvalue weighted by Gasteiger charge is -2.05. The van der Waals surface area contributed by atoms with Gasteiger partial charge in [-0.15, -0.1) is 11.3 Å². The number of carbonyl (C=O) groups excluding carboxylic acids is 1. The fourth-order valence-electron chi connectivity index (χ4n) is 2.97. The van der Waals surface area contributed by atoms with Crippen LogP contribution in [-0.2, 0) is 0 Å². The molecule has 5 heteroatoms. The average molecular weight is 401 g/mol. The van der Waals surface area contributed by atoms with Gasteiger partial charge in [-0.3, -0.25) is 10.1 Å². The molecule has 4 aromatic rings. The summed E-state index contributed by atoms with van der Waals surface area (Å²) in [4.78, 5) is 17.1. The highest BCUT2D eigenvalue weighted by Crippen LogP contribution is 2.27. The Balaban J connectivity index is 1.44. The van der Waals surface area contributed by atoms with E-state index in [-0.39, 0.29) is 5.91 Å². The van der Waals surface area contributed by atoms with Crippen LogP contribution in [-0.4, -0.2) is 17.5 Å². The Hall–Kier alpha value is -3.44. The highest BCUT2D eigenvalue weighted by Gasteiger charge is 2.10. The van der Waals surface area contributed by atoms with Crippen molar-refractivity contribution in [3.63, 3.8) is 0 Å². The van der Waals surface area contributed by atoms with E-state index in [0.29, 0.717) is 17.3 Å². The number of nitrogens with one attached hydrogen (secondary N) is 1. The predicted octanol–water partition coefficient (Wildman–Crippen LogP) is 6.13. The number of rotatable bonds is 6. The molecule has 4 rings (SSSR count). The van der Waals surface area contributed by atoms with Crippen molar-refractivity contribution in [3.05, 3.63) is 89.8 Å². The monoisotopic (exact) mass is 400 g/mol. The number of ether oxygens (including phenoxy) is 1. The maximum Gasteiger partial charge on any atom is 0.257 e. The summed E-state index contributed by atoms with van der Waals surface area (Å²) in [6, 6.07) is 25.4. The fourth-order valence-corrected chi connectivity index (χ4v) is 3.68. The lowest BCUT2D eigenvalue weighted by atomic mass is 10.0. The second-order valence-electron chi connectivity index (χ2n) is 6.39. The third kappa shape index (κ3) is 4.52. The molecule has 0 atom stereocenters. The molecule has 4 nitrogen and oxygen atoms in total. The minimum absolute atomic E-state index is 0.169. The molecule has 1 amide bonds. The zero-order chi connectivity index (χ0) is 20.1. The third-order valence-corrected chi connectivity index (χ3v) is 5.20. The van der Waals surface area contributed by atoms with Crippen molar-refractivity contribution in [1.29, 1.82) is 0 Å². The molecular formula is C24H20N2O2S. The van der Waals surface area contributed by atoms with E-state index in [9.17, 15) is 4.79 Å². The summed E-state index contributed by atoms with van der Waals surface area (Å²) in [5.41, 5.74) is 4.61. The first-order valence-corrected chi connectivity index (χ1v) is 10.3. The number of hydrogen-bond acceptors (Lipinski definition) is 4. The van der Waals surface area contributed by atoms with Gasteiger partial charge in [-0.1, -0.05) is 42.5 Å². The summed E-state index contributed by atoms with van der Waals surface area (Å²) in [5.74, 6) is 0.663. The number of nitrogens with zero attached hydrogens (tertiary/aromatic N) is 1. The van der Waals surface area contributed by atoms with Crippen molar-refractivity contribution < 1.29 is 9.53 Å².